The molecule has 1 saturated heterocycles. The Balaban J connectivity index is 2.00. The van der Waals surface area contributed by atoms with Crippen LogP contribution in [0, 0.1) is 13.8 Å². The van der Waals surface area contributed by atoms with Crippen molar-refractivity contribution in [2.45, 2.75) is 62.2 Å². The lowest BCUT2D eigenvalue weighted by atomic mass is 9.79. The summed E-state index contributed by atoms with van der Waals surface area (Å²) in [6.07, 6.45) is 3.10. The second-order valence-electron chi connectivity index (χ2n) is 6.44. The highest BCUT2D eigenvalue weighted by Crippen LogP contribution is 2.45. The number of rotatable bonds is 4. The minimum Gasteiger partial charge on any atom is -0.381 e. The molecule has 1 aliphatic carbocycles. The average molecular weight is 344 g/mol. The van der Waals surface area contributed by atoms with Crippen molar-refractivity contribution in [3.8, 4) is 0 Å². The first-order valence-corrected chi connectivity index (χ1v) is 9.32. The van der Waals surface area contributed by atoms with Crippen LogP contribution < -0.4 is 0 Å². The largest absolute Gasteiger partial charge is 0.381 e. The lowest BCUT2D eigenvalue weighted by Crippen LogP contribution is -2.53. The number of fused-ring (bicyclic) bond motifs is 1. The van der Waals surface area contributed by atoms with Crippen LogP contribution in [0.2, 0.25) is 0 Å². The molecule has 1 aromatic rings. The summed E-state index contributed by atoms with van der Waals surface area (Å²) in [5.41, 5.74) is -0.0160. The van der Waals surface area contributed by atoms with E-state index in [1.165, 1.54) is 0 Å². The first kappa shape index (κ1) is 16.9. The molecule has 3 rings (SSSR count). The van der Waals surface area contributed by atoms with Gasteiger partial charge in [0.25, 0.3) is 0 Å². The van der Waals surface area contributed by atoms with E-state index >= 15 is 0 Å². The van der Waals surface area contributed by atoms with E-state index < -0.39 is 15.6 Å². The number of ether oxygens (including phenoxy) is 2. The monoisotopic (exact) mass is 344 g/mol. The highest BCUT2D eigenvalue weighted by molar-refractivity contribution is 7.89. The van der Waals surface area contributed by atoms with E-state index in [0.717, 1.165) is 12.8 Å². The maximum Gasteiger partial charge on any atom is 0.248 e. The first-order valence-electron chi connectivity index (χ1n) is 7.88. The Kier molecular flexibility index (Phi) is 4.29. The molecule has 0 bridgehead atoms. The third-order valence-electron chi connectivity index (χ3n) is 5.36. The normalized spacial score (nSPS) is 32.2. The van der Waals surface area contributed by atoms with Gasteiger partial charge >= 0.3 is 0 Å². The van der Waals surface area contributed by atoms with Gasteiger partial charge in [-0.15, -0.1) is 0 Å². The maximum atomic E-state index is 13.2. The standard InChI is InChI=1S/C15H24N2O5S/c1-10-14(11(2)22-16-10)23(18,19)17-8-7-15(21-4)6-5-12(20-3)9-13(15)17/h12-13H,5-9H2,1-4H3/t12-,13-,15+/m0/s1. The summed E-state index contributed by atoms with van der Waals surface area (Å²) in [5, 5.41) is 3.79. The molecule has 3 atom stereocenters. The van der Waals surface area contributed by atoms with Crippen molar-refractivity contribution in [2.24, 2.45) is 0 Å². The highest BCUT2D eigenvalue weighted by Gasteiger charge is 2.55. The molecule has 1 aromatic heterocycles. The van der Waals surface area contributed by atoms with Crippen molar-refractivity contribution in [1.82, 2.24) is 9.46 Å². The molecule has 0 unspecified atom stereocenters. The van der Waals surface area contributed by atoms with Crippen molar-refractivity contribution in [1.29, 1.82) is 0 Å². The molecule has 0 radical (unpaired) electrons. The van der Waals surface area contributed by atoms with E-state index in [1.807, 2.05) is 0 Å². The van der Waals surface area contributed by atoms with Crippen molar-refractivity contribution >= 4 is 10.0 Å². The Morgan fingerprint density at radius 3 is 2.61 bits per heavy atom. The van der Waals surface area contributed by atoms with Gasteiger partial charge in [0.15, 0.2) is 5.76 Å². The van der Waals surface area contributed by atoms with E-state index in [2.05, 4.69) is 5.16 Å². The molecule has 130 valence electrons. The quantitative estimate of drug-likeness (QED) is 0.826. The van der Waals surface area contributed by atoms with Crippen LogP contribution in [0.5, 0.6) is 0 Å². The summed E-state index contributed by atoms with van der Waals surface area (Å²) >= 11 is 0. The van der Waals surface area contributed by atoms with E-state index in [1.54, 1.807) is 32.4 Å². The Hall–Kier alpha value is -0.960. The van der Waals surface area contributed by atoms with Crippen LogP contribution in [-0.2, 0) is 19.5 Å². The Morgan fingerprint density at radius 1 is 1.30 bits per heavy atom. The SMILES string of the molecule is CO[C@H]1CC[C@@]2(OC)CCN(S(=O)(=O)c3c(C)noc3C)[C@H]2C1. The van der Waals surface area contributed by atoms with Crippen molar-refractivity contribution < 1.29 is 22.4 Å². The van der Waals surface area contributed by atoms with Crippen LogP contribution in [0.15, 0.2) is 9.42 Å². The average Bonchev–Trinajstić information content (AvgIpc) is 3.07. The highest BCUT2D eigenvalue weighted by atomic mass is 32.2. The number of methoxy groups -OCH3 is 2. The lowest BCUT2D eigenvalue weighted by molar-refractivity contribution is -0.0847. The van der Waals surface area contributed by atoms with Crippen LogP contribution in [0.25, 0.3) is 0 Å². The minimum atomic E-state index is -3.67. The summed E-state index contributed by atoms with van der Waals surface area (Å²) in [6.45, 7) is 3.73. The smallest absolute Gasteiger partial charge is 0.248 e. The van der Waals surface area contributed by atoms with Gasteiger partial charge in [0.1, 0.15) is 10.6 Å². The van der Waals surface area contributed by atoms with Gasteiger partial charge in [0, 0.05) is 20.8 Å². The van der Waals surface area contributed by atoms with Crippen LogP contribution >= 0.6 is 0 Å². The van der Waals surface area contributed by atoms with Crippen molar-refractivity contribution in [3.63, 3.8) is 0 Å². The van der Waals surface area contributed by atoms with E-state index in [9.17, 15) is 8.42 Å². The lowest BCUT2D eigenvalue weighted by Gasteiger charge is -2.42. The predicted octanol–water partition coefficient (Wildman–Crippen LogP) is 1.64. The molecule has 2 heterocycles. The number of aromatic nitrogens is 1. The summed E-state index contributed by atoms with van der Waals surface area (Å²) in [7, 11) is -0.320. The summed E-state index contributed by atoms with van der Waals surface area (Å²) in [4.78, 5) is 0.184. The molecular formula is C15H24N2O5S. The third kappa shape index (κ3) is 2.52. The zero-order valence-corrected chi connectivity index (χ0v) is 14.9. The molecule has 0 aromatic carbocycles. The van der Waals surface area contributed by atoms with Crippen LogP contribution in [-0.4, -0.2) is 56.4 Å². The van der Waals surface area contributed by atoms with Crippen LogP contribution in [0.4, 0.5) is 0 Å². The molecule has 0 N–H and O–H groups in total. The van der Waals surface area contributed by atoms with Crippen LogP contribution in [0.1, 0.15) is 37.1 Å². The fourth-order valence-corrected chi connectivity index (χ4v) is 6.07. The molecule has 8 heteroatoms. The zero-order valence-electron chi connectivity index (χ0n) is 14.0. The molecule has 23 heavy (non-hydrogen) atoms. The first-order chi connectivity index (χ1) is 10.9. The van der Waals surface area contributed by atoms with E-state index in [-0.39, 0.29) is 17.0 Å². The predicted molar refractivity (Wildman–Crippen MR) is 82.7 cm³/mol. The molecular weight excluding hydrogens is 320 g/mol. The van der Waals surface area contributed by atoms with Gasteiger partial charge in [-0.1, -0.05) is 5.16 Å². The summed E-state index contributed by atoms with van der Waals surface area (Å²) in [5.74, 6) is 0.330. The molecule has 0 amide bonds. The molecule has 1 aliphatic heterocycles. The number of sulfonamides is 1. The topological polar surface area (TPSA) is 81.9 Å². The van der Waals surface area contributed by atoms with Gasteiger partial charge in [-0.25, -0.2) is 8.42 Å². The zero-order chi connectivity index (χ0) is 16.8. The van der Waals surface area contributed by atoms with Crippen molar-refractivity contribution in [3.05, 3.63) is 11.5 Å². The second-order valence-corrected chi connectivity index (χ2v) is 8.26. The molecule has 0 spiro atoms. The van der Waals surface area contributed by atoms with Gasteiger partial charge < -0.3 is 14.0 Å². The fourth-order valence-electron chi connectivity index (χ4n) is 4.08. The second kappa shape index (κ2) is 5.84. The van der Waals surface area contributed by atoms with E-state index in [4.69, 9.17) is 14.0 Å². The maximum absolute atomic E-state index is 13.2. The third-order valence-corrected chi connectivity index (χ3v) is 7.51. The summed E-state index contributed by atoms with van der Waals surface area (Å²) in [6, 6.07) is -0.218. The Bertz CT molecular complexity index is 667. The van der Waals surface area contributed by atoms with E-state index in [0.29, 0.717) is 30.8 Å². The molecule has 1 saturated carbocycles. The number of aryl methyl sites for hydroxylation is 2. The number of nitrogens with zero attached hydrogens (tertiary/aromatic N) is 2. The van der Waals surface area contributed by atoms with Gasteiger partial charge in [-0.3, -0.25) is 0 Å². The molecule has 2 fully saturated rings. The summed E-state index contributed by atoms with van der Waals surface area (Å²) < 4.78 is 44.3. The molecule has 7 nitrogen and oxygen atoms in total. The number of hydrogen-bond acceptors (Lipinski definition) is 6. The van der Waals surface area contributed by atoms with Crippen molar-refractivity contribution in [2.75, 3.05) is 20.8 Å². The Labute approximate surface area is 137 Å². The van der Waals surface area contributed by atoms with Gasteiger partial charge in [0.2, 0.25) is 10.0 Å². The van der Waals surface area contributed by atoms with Gasteiger partial charge in [-0.2, -0.15) is 4.31 Å². The van der Waals surface area contributed by atoms with Gasteiger partial charge in [0.05, 0.1) is 17.7 Å². The fraction of sp³-hybridized carbons (Fsp3) is 0.800. The van der Waals surface area contributed by atoms with Crippen LogP contribution in [0.3, 0.4) is 0 Å². The minimum absolute atomic E-state index is 0.0590. The Morgan fingerprint density at radius 2 is 2.04 bits per heavy atom. The molecule has 2 aliphatic rings. The van der Waals surface area contributed by atoms with Gasteiger partial charge in [-0.05, 0) is 39.5 Å². The number of hydrogen-bond donors (Lipinski definition) is 0.